The first-order valence-corrected chi connectivity index (χ1v) is 4.92. The number of ether oxygens (including phenoxy) is 1. The highest BCUT2D eigenvalue weighted by atomic mass is 19.4. The molecule has 1 aliphatic carbocycles. The summed E-state index contributed by atoms with van der Waals surface area (Å²) >= 11 is 0. The van der Waals surface area contributed by atoms with Crippen LogP contribution in [0.5, 0.6) is 0 Å². The minimum absolute atomic E-state index is 0.0635. The maximum absolute atomic E-state index is 12.5. The van der Waals surface area contributed by atoms with Gasteiger partial charge in [-0.3, -0.25) is 0 Å². The summed E-state index contributed by atoms with van der Waals surface area (Å²) in [5.41, 5.74) is 5.73. The zero-order valence-electron chi connectivity index (χ0n) is 7.76. The van der Waals surface area contributed by atoms with Gasteiger partial charge >= 0.3 is 6.18 Å². The number of hydrogen-bond donors (Lipinski definition) is 1. The molecule has 14 heavy (non-hydrogen) atoms. The van der Waals surface area contributed by atoms with Gasteiger partial charge in [0.05, 0.1) is 12.0 Å². The molecular formula is C9H14F3NO. The first kappa shape index (κ1) is 10.2. The number of halogens is 3. The predicted molar refractivity (Wildman–Crippen MR) is 44.6 cm³/mol. The first-order valence-electron chi connectivity index (χ1n) is 4.92. The zero-order chi connectivity index (χ0) is 10.3. The van der Waals surface area contributed by atoms with E-state index in [1.807, 2.05) is 0 Å². The molecule has 2 nitrogen and oxygen atoms in total. The smallest absolute Gasteiger partial charge is 0.378 e. The fourth-order valence-electron chi connectivity index (χ4n) is 2.54. The average Bonchev–Trinajstić information content (AvgIpc) is 2.50. The molecular weight excluding hydrogens is 195 g/mol. The SMILES string of the molecule is N[C@@H]1C[C@H](C(F)(F)F)C[C@@H]2OCC[C@@H]12. The van der Waals surface area contributed by atoms with E-state index in [1.54, 1.807) is 0 Å². The molecule has 0 spiro atoms. The van der Waals surface area contributed by atoms with E-state index >= 15 is 0 Å². The van der Waals surface area contributed by atoms with Crippen LogP contribution >= 0.6 is 0 Å². The monoisotopic (exact) mass is 209 g/mol. The number of hydrogen-bond acceptors (Lipinski definition) is 2. The Bertz CT molecular complexity index is 219. The third-order valence-corrected chi connectivity index (χ3v) is 3.35. The van der Waals surface area contributed by atoms with Gasteiger partial charge in [-0.25, -0.2) is 0 Å². The predicted octanol–water partition coefficient (Wildman–Crippen LogP) is 1.69. The second-order valence-electron chi connectivity index (χ2n) is 4.24. The van der Waals surface area contributed by atoms with Gasteiger partial charge in [-0.15, -0.1) is 0 Å². The van der Waals surface area contributed by atoms with E-state index in [9.17, 15) is 13.2 Å². The number of nitrogens with two attached hydrogens (primary N) is 1. The van der Waals surface area contributed by atoms with Crippen LogP contribution in [0.15, 0.2) is 0 Å². The highest BCUT2D eigenvalue weighted by molar-refractivity contribution is 4.94. The van der Waals surface area contributed by atoms with Crippen LogP contribution in [0, 0.1) is 11.8 Å². The fourth-order valence-corrected chi connectivity index (χ4v) is 2.54. The average molecular weight is 209 g/mol. The molecule has 5 heteroatoms. The number of fused-ring (bicyclic) bond motifs is 1. The molecule has 2 N–H and O–H groups in total. The van der Waals surface area contributed by atoms with Gasteiger partial charge in [-0.2, -0.15) is 13.2 Å². The van der Waals surface area contributed by atoms with E-state index in [-0.39, 0.29) is 30.9 Å². The Morgan fingerprint density at radius 2 is 1.93 bits per heavy atom. The van der Waals surface area contributed by atoms with Crippen LogP contribution in [0.2, 0.25) is 0 Å². The molecule has 0 bridgehead atoms. The van der Waals surface area contributed by atoms with Crippen molar-refractivity contribution >= 4 is 0 Å². The maximum Gasteiger partial charge on any atom is 0.391 e. The number of rotatable bonds is 0. The van der Waals surface area contributed by atoms with E-state index in [0.717, 1.165) is 6.42 Å². The number of alkyl halides is 3. The minimum Gasteiger partial charge on any atom is -0.378 e. The molecule has 82 valence electrons. The van der Waals surface area contributed by atoms with Crippen molar-refractivity contribution in [2.24, 2.45) is 17.6 Å². The highest BCUT2D eigenvalue weighted by Crippen LogP contribution is 2.43. The van der Waals surface area contributed by atoms with Crippen LogP contribution in [0.3, 0.4) is 0 Å². The van der Waals surface area contributed by atoms with Gasteiger partial charge in [0.1, 0.15) is 0 Å². The molecule has 0 aromatic rings. The van der Waals surface area contributed by atoms with Crippen LogP contribution in [-0.2, 0) is 4.74 Å². The van der Waals surface area contributed by atoms with Crippen molar-refractivity contribution in [1.29, 1.82) is 0 Å². The van der Waals surface area contributed by atoms with Gasteiger partial charge in [0.25, 0.3) is 0 Å². The summed E-state index contributed by atoms with van der Waals surface area (Å²) in [7, 11) is 0. The maximum atomic E-state index is 12.5. The van der Waals surface area contributed by atoms with E-state index in [0.29, 0.717) is 6.61 Å². The van der Waals surface area contributed by atoms with Crippen molar-refractivity contribution in [3.8, 4) is 0 Å². The highest BCUT2D eigenvalue weighted by Gasteiger charge is 2.49. The zero-order valence-corrected chi connectivity index (χ0v) is 7.76. The molecule has 1 saturated heterocycles. The molecule has 0 radical (unpaired) electrons. The molecule has 1 saturated carbocycles. The first-order chi connectivity index (χ1) is 6.48. The lowest BCUT2D eigenvalue weighted by molar-refractivity contribution is -0.193. The third-order valence-electron chi connectivity index (χ3n) is 3.35. The van der Waals surface area contributed by atoms with Crippen molar-refractivity contribution in [2.45, 2.75) is 37.6 Å². The summed E-state index contributed by atoms with van der Waals surface area (Å²) in [6, 6.07) is -0.345. The lowest BCUT2D eigenvalue weighted by Crippen LogP contribution is -2.46. The molecule has 0 aromatic carbocycles. The Labute approximate surface area is 80.6 Å². The quantitative estimate of drug-likeness (QED) is 0.659. The van der Waals surface area contributed by atoms with Crippen molar-refractivity contribution in [1.82, 2.24) is 0 Å². The Morgan fingerprint density at radius 1 is 1.21 bits per heavy atom. The molecule has 0 amide bonds. The summed E-state index contributed by atoms with van der Waals surface area (Å²) in [5, 5.41) is 0. The normalized spacial score (nSPS) is 43.7. The summed E-state index contributed by atoms with van der Waals surface area (Å²) in [4.78, 5) is 0. The van der Waals surface area contributed by atoms with E-state index in [1.165, 1.54) is 0 Å². The van der Waals surface area contributed by atoms with Crippen molar-refractivity contribution in [3.63, 3.8) is 0 Å². The van der Waals surface area contributed by atoms with Crippen molar-refractivity contribution in [3.05, 3.63) is 0 Å². The summed E-state index contributed by atoms with van der Waals surface area (Å²) < 4.78 is 42.7. The van der Waals surface area contributed by atoms with E-state index < -0.39 is 12.1 Å². The van der Waals surface area contributed by atoms with Crippen molar-refractivity contribution in [2.75, 3.05) is 6.61 Å². The Morgan fingerprint density at radius 3 is 2.57 bits per heavy atom. The van der Waals surface area contributed by atoms with Crippen LogP contribution in [0.1, 0.15) is 19.3 Å². The van der Waals surface area contributed by atoms with Crippen LogP contribution in [0.4, 0.5) is 13.2 Å². The van der Waals surface area contributed by atoms with Gasteiger partial charge in [0.15, 0.2) is 0 Å². The summed E-state index contributed by atoms with van der Waals surface area (Å²) in [5.74, 6) is -1.12. The van der Waals surface area contributed by atoms with Crippen LogP contribution in [-0.4, -0.2) is 24.9 Å². The molecule has 0 aromatic heterocycles. The summed E-state index contributed by atoms with van der Waals surface area (Å²) in [6.07, 6.45) is -3.40. The molecule has 2 aliphatic rings. The molecule has 1 aliphatic heterocycles. The third kappa shape index (κ3) is 1.75. The second-order valence-corrected chi connectivity index (χ2v) is 4.24. The largest absolute Gasteiger partial charge is 0.391 e. The van der Waals surface area contributed by atoms with Gasteiger partial charge in [-0.1, -0.05) is 0 Å². The lowest BCUT2D eigenvalue weighted by Gasteiger charge is -2.36. The van der Waals surface area contributed by atoms with Gasteiger partial charge in [-0.05, 0) is 19.3 Å². The summed E-state index contributed by atoms with van der Waals surface area (Å²) in [6.45, 7) is 0.563. The molecule has 4 atom stereocenters. The van der Waals surface area contributed by atoms with E-state index in [2.05, 4.69) is 0 Å². The van der Waals surface area contributed by atoms with Gasteiger partial charge in [0.2, 0.25) is 0 Å². The Kier molecular flexibility index (Phi) is 2.47. The molecule has 0 unspecified atom stereocenters. The second kappa shape index (κ2) is 3.38. The minimum atomic E-state index is -4.12. The Hall–Kier alpha value is -0.290. The van der Waals surface area contributed by atoms with Gasteiger partial charge < -0.3 is 10.5 Å². The standard InChI is InChI=1S/C9H14F3NO/c10-9(11,12)5-3-7(13)6-1-2-14-8(6)4-5/h5-8H,1-4,13H2/t5-,6-,7+,8-/m0/s1. The molecule has 2 rings (SSSR count). The molecule has 1 heterocycles. The van der Waals surface area contributed by atoms with Crippen molar-refractivity contribution < 1.29 is 17.9 Å². The topological polar surface area (TPSA) is 35.2 Å². The Balaban J connectivity index is 2.06. The van der Waals surface area contributed by atoms with Gasteiger partial charge in [0, 0.05) is 18.6 Å². The van der Waals surface area contributed by atoms with Crippen LogP contribution < -0.4 is 5.73 Å². The van der Waals surface area contributed by atoms with E-state index in [4.69, 9.17) is 10.5 Å². The fraction of sp³-hybridized carbons (Fsp3) is 1.00. The lowest BCUT2D eigenvalue weighted by atomic mass is 9.76. The molecule has 2 fully saturated rings. The van der Waals surface area contributed by atoms with Crippen LogP contribution in [0.25, 0.3) is 0 Å².